The van der Waals surface area contributed by atoms with E-state index < -0.39 is 0 Å². The molecule has 1 heterocycles. The van der Waals surface area contributed by atoms with E-state index in [2.05, 4.69) is 42.7 Å². The predicted molar refractivity (Wildman–Crippen MR) is 112 cm³/mol. The van der Waals surface area contributed by atoms with Crippen LogP contribution in [0.5, 0.6) is 0 Å². The second kappa shape index (κ2) is 8.64. The first-order valence-corrected chi connectivity index (χ1v) is 9.29. The molecule has 2 aromatic rings. The normalized spacial score (nSPS) is 22.1. The van der Waals surface area contributed by atoms with Gasteiger partial charge in [-0.25, -0.2) is 0 Å². The van der Waals surface area contributed by atoms with Crippen molar-refractivity contribution >= 4 is 12.8 Å². The van der Waals surface area contributed by atoms with Crippen LogP contribution in [0.1, 0.15) is 31.5 Å². The Kier molecular flexibility index (Phi) is 6.03. The van der Waals surface area contributed by atoms with Gasteiger partial charge in [0.25, 0.3) is 0 Å². The second-order valence-electron chi connectivity index (χ2n) is 7.14. The quantitative estimate of drug-likeness (QED) is 0.607. The number of allylic oxidation sites excluding steroid dienone is 2. The van der Waals surface area contributed by atoms with Crippen LogP contribution >= 0.6 is 0 Å². The van der Waals surface area contributed by atoms with E-state index in [4.69, 9.17) is 10.7 Å². The summed E-state index contributed by atoms with van der Waals surface area (Å²) in [7, 11) is 0. The van der Waals surface area contributed by atoms with Crippen LogP contribution in [0.4, 0.5) is 0 Å². The van der Waals surface area contributed by atoms with E-state index in [0.717, 1.165) is 28.9 Å². The van der Waals surface area contributed by atoms with Gasteiger partial charge >= 0.3 is 0 Å². The highest BCUT2D eigenvalue weighted by Crippen LogP contribution is 2.40. The molecule has 1 aliphatic carbocycles. The molecule has 0 saturated carbocycles. The molecule has 0 amide bonds. The van der Waals surface area contributed by atoms with E-state index in [0.29, 0.717) is 23.2 Å². The summed E-state index contributed by atoms with van der Waals surface area (Å²) in [4.78, 5) is 13.8. The molecule has 0 aliphatic heterocycles. The lowest BCUT2D eigenvalue weighted by Crippen LogP contribution is -2.28. The first-order valence-electron chi connectivity index (χ1n) is 9.29. The van der Waals surface area contributed by atoms with Crippen molar-refractivity contribution in [2.45, 2.75) is 20.3 Å². The third-order valence-corrected chi connectivity index (χ3v) is 5.50. The van der Waals surface area contributed by atoms with Gasteiger partial charge in [-0.15, -0.1) is 0 Å². The van der Waals surface area contributed by atoms with Crippen LogP contribution in [0.15, 0.2) is 65.1 Å². The molecule has 1 aromatic heterocycles. The summed E-state index contributed by atoms with van der Waals surface area (Å²) in [6.45, 7) is 8.03. The highest BCUT2D eigenvalue weighted by molar-refractivity contribution is 5.70. The second-order valence-corrected chi connectivity index (χ2v) is 7.14. The van der Waals surface area contributed by atoms with Crippen LogP contribution in [0.25, 0.3) is 17.2 Å². The van der Waals surface area contributed by atoms with E-state index in [1.54, 1.807) is 12.3 Å². The van der Waals surface area contributed by atoms with E-state index in [-0.39, 0.29) is 5.92 Å². The molecule has 5 heteroatoms. The molecular weight excluding hydrogens is 348 g/mol. The van der Waals surface area contributed by atoms with Crippen molar-refractivity contribution in [3.05, 3.63) is 71.4 Å². The maximum absolute atomic E-state index is 9.28. The lowest BCUT2D eigenvalue weighted by molar-refractivity contribution is 0.141. The number of aliphatic imine (C=N–C) groups is 1. The van der Waals surface area contributed by atoms with E-state index in [9.17, 15) is 5.26 Å². The van der Waals surface area contributed by atoms with Gasteiger partial charge < -0.3 is 4.84 Å². The largest absolute Gasteiger partial charge is 0.413 e. The van der Waals surface area contributed by atoms with Gasteiger partial charge in [-0.3, -0.25) is 9.98 Å². The summed E-state index contributed by atoms with van der Waals surface area (Å²) >= 11 is 0. The third kappa shape index (κ3) is 3.88. The maximum Gasteiger partial charge on any atom is 0.152 e. The number of benzene rings is 1. The Morgan fingerprint density at radius 3 is 2.71 bits per heavy atom. The fourth-order valence-corrected chi connectivity index (χ4v) is 3.63. The monoisotopic (exact) mass is 372 g/mol. The minimum absolute atomic E-state index is 0.0232. The molecule has 142 valence electrons. The molecule has 0 bridgehead atoms. The summed E-state index contributed by atoms with van der Waals surface area (Å²) in [6, 6.07) is 13.6. The zero-order valence-electron chi connectivity index (χ0n) is 16.2. The van der Waals surface area contributed by atoms with E-state index in [1.807, 2.05) is 36.4 Å². The molecule has 3 atom stereocenters. The zero-order valence-corrected chi connectivity index (χ0v) is 16.2. The Hall–Kier alpha value is -3.23. The number of pyridine rings is 1. The minimum atomic E-state index is 0.0232. The smallest absolute Gasteiger partial charge is 0.152 e. The van der Waals surface area contributed by atoms with Crippen molar-refractivity contribution in [2.24, 2.45) is 28.6 Å². The summed E-state index contributed by atoms with van der Waals surface area (Å²) < 4.78 is 0. The Morgan fingerprint density at radius 1 is 1.29 bits per heavy atom. The molecule has 2 N–H and O–H groups in total. The zero-order chi connectivity index (χ0) is 20.1. The van der Waals surface area contributed by atoms with Gasteiger partial charge in [0.1, 0.15) is 0 Å². The van der Waals surface area contributed by atoms with Gasteiger partial charge in [0.05, 0.1) is 23.0 Å². The first kappa shape index (κ1) is 19.5. The predicted octanol–water partition coefficient (Wildman–Crippen LogP) is 4.73. The minimum Gasteiger partial charge on any atom is -0.413 e. The molecule has 3 rings (SSSR count). The van der Waals surface area contributed by atoms with Crippen LogP contribution < -0.4 is 5.90 Å². The number of nitrogens with zero attached hydrogens (tertiary/aromatic N) is 3. The Labute approximate surface area is 165 Å². The van der Waals surface area contributed by atoms with Crippen molar-refractivity contribution in [1.29, 1.82) is 5.26 Å². The summed E-state index contributed by atoms with van der Waals surface area (Å²) in [5, 5.41) is 9.28. The average Bonchev–Trinajstić information content (AvgIpc) is 2.74. The summed E-state index contributed by atoms with van der Waals surface area (Å²) in [6.07, 6.45) is 6.64. The topological polar surface area (TPSA) is 84.3 Å². The fraction of sp³-hybridized carbons (Fsp3) is 0.261. The Balaban J connectivity index is 1.86. The van der Waals surface area contributed by atoms with Crippen molar-refractivity contribution in [1.82, 2.24) is 4.98 Å². The number of hydrogen-bond acceptors (Lipinski definition) is 5. The number of aromatic nitrogens is 1. The van der Waals surface area contributed by atoms with Gasteiger partial charge in [0.2, 0.25) is 0 Å². The van der Waals surface area contributed by atoms with Crippen LogP contribution in [-0.2, 0) is 4.84 Å². The molecule has 5 nitrogen and oxygen atoms in total. The highest BCUT2D eigenvalue weighted by atomic mass is 16.6. The van der Waals surface area contributed by atoms with Gasteiger partial charge in [-0.1, -0.05) is 44.2 Å². The van der Waals surface area contributed by atoms with Gasteiger partial charge in [-0.05, 0) is 43.2 Å². The molecular formula is C23H24N4O. The molecule has 0 fully saturated rings. The molecule has 0 radical (unpaired) electrons. The molecule has 1 aromatic carbocycles. The molecule has 0 unspecified atom stereocenters. The lowest BCUT2D eigenvalue weighted by Gasteiger charge is -2.33. The Morgan fingerprint density at radius 2 is 2.07 bits per heavy atom. The summed E-state index contributed by atoms with van der Waals surface area (Å²) in [5.41, 5.74) is 4.08. The third-order valence-electron chi connectivity index (χ3n) is 5.50. The van der Waals surface area contributed by atoms with Gasteiger partial charge in [-0.2, -0.15) is 11.2 Å². The lowest BCUT2D eigenvalue weighted by atomic mass is 9.75. The van der Waals surface area contributed by atoms with Crippen LogP contribution in [-0.4, -0.2) is 11.7 Å². The number of nitriles is 1. The van der Waals surface area contributed by atoms with Gasteiger partial charge in [0, 0.05) is 23.2 Å². The number of hydrogen-bond donors (Lipinski definition) is 1. The molecule has 0 saturated heterocycles. The summed E-state index contributed by atoms with van der Waals surface area (Å²) in [5.74, 6) is 7.04. The van der Waals surface area contributed by atoms with Crippen LogP contribution in [0.2, 0.25) is 0 Å². The maximum atomic E-state index is 9.28. The first-order chi connectivity index (χ1) is 13.6. The van der Waals surface area contributed by atoms with Crippen LogP contribution in [0.3, 0.4) is 0 Å². The SMILES string of the molecule is C=NC1=C(ON)[C@@H](/C=C/c2ccc(-c3ccccc3C#N)cn2)[C@H](C)[C@@H](C)C1. The molecule has 0 spiro atoms. The molecule has 28 heavy (non-hydrogen) atoms. The number of nitrogens with two attached hydrogens (primary N) is 1. The van der Waals surface area contributed by atoms with Crippen molar-refractivity contribution in [3.63, 3.8) is 0 Å². The average molecular weight is 372 g/mol. The molecule has 1 aliphatic rings. The standard InChI is InChI=1S/C23H24N4O/c1-15-12-22(26-3)23(28-25)20(16(15)2)11-10-19-9-8-18(14-27-19)21-7-5-4-6-17(21)13-24/h4-11,14-16,20H,3,12,25H2,1-2H3/b11-10+/t15-,16+,20-/m0/s1. The van der Waals surface area contributed by atoms with E-state index in [1.165, 1.54) is 0 Å². The van der Waals surface area contributed by atoms with Crippen LogP contribution in [0, 0.1) is 29.1 Å². The number of rotatable bonds is 5. The van der Waals surface area contributed by atoms with Crippen molar-refractivity contribution in [2.75, 3.05) is 0 Å². The fourth-order valence-electron chi connectivity index (χ4n) is 3.63. The van der Waals surface area contributed by atoms with E-state index >= 15 is 0 Å². The Bertz CT molecular complexity index is 953. The van der Waals surface area contributed by atoms with Crippen molar-refractivity contribution < 1.29 is 4.84 Å². The van der Waals surface area contributed by atoms with Crippen molar-refractivity contribution in [3.8, 4) is 17.2 Å². The highest BCUT2D eigenvalue weighted by Gasteiger charge is 2.33. The van der Waals surface area contributed by atoms with Gasteiger partial charge in [0.15, 0.2) is 5.76 Å².